The molecule has 6 nitrogen and oxygen atoms in total. The highest BCUT2D eigenvalue weighted by atomic mass is 32.2. The van der Waals surface area contributed by atoms with Gasteiger partial charge in [-0.15, -0.1) is 0 Å². The Bertz CT molecular complexity index is 782. The molecule has 0 unspecified atom stereocenters. The van der Waals surface area contributed by atoms with E-state index in [1.807, 2.05) is 95.6 Å². The lowest BCUT2D eigenvalue weighted by atomic mass is 9.99. The molecule has 3 rings (SSSR count). The first-order chi connectivity index (χ1) is 23.7. The van der Waals surface area contributed by atoms with Crippen LogP contribution in [0.4, 0.5) is 0 Å². The summed E-state index contributed by atoms with van der Waals surface area (Å²) in [5.41, 5.74) is 0.779. The van der Waals surface area contributed by atoms with Crippen LogP contribution in [0.1, 0.15) is 131 Å². The lowest BCUT2D eigenvalue weighted by molar-refractivity contribution is 0.0785. The Balaban J connectivity index is -0.000000633. The molecular weight excluding hydrogens is 625 g/mol. The molecule has 2 fully saturated rings. The number of likely N-dealkylation sites (tertiary alicyclic amines) is 2. The number of amides is 1. The van der Waals surface area contributed by atoms with Crippen LogP contribution in [0.3, 0.4) is 0 Å². The van der Waals surface area contributed by atoms with E-state index in [-0.39, 0.29) is 5.91 Å². The summed E-state index contributed by atoms with van der Waals surface area (Å²) in [7, 11) is 4.01. The molecule has 0 atom stereocenters. The maximum Gasteiger partial charge on any atom is 0.253 e. The fourth-order valence-electron chi connectivity index (χ4n) is 5.37. The van der Waals surface area contributed by atoms with Gasteiger partial charge < -0.3 is 24.7 Å². The fourth-order valence-corrected chi connectivity index (χ4v) is 5.79. The lowest BCUT2D eigenvalue weighted by Crippen LogP contribution is -2.36. The number of aliphatic hydroxyl groups is 1. The topological polar surface area (TPSA) is 50.3 Å². The SMILES string of the molecule is CC.CC.CC.CC(C)CCN(C)CCCO.CC1CCN(CCCN(C)C(=O)c2ccccc2)CC1.CSCCCN1CCC(C)CC1. The van der Waals surface area contributed by atoms with Crippen molar-refractivity contribution >= 4 is 17.7 Å². The van der Waals surface area contributed by atoms with E-state index < -0.39 is 0 Å². The molecule has 0 aromatic heterocycles. The van der Waals surface area contributed by atoms with Crippen LogP contribution in [-0.2, 0) is 0 Å². The standard InChI is InChI=1S/C17H26N2O.C10H21NS.C9H21NO.3C2H6/c1-15-9-13-19(14-10-15)12-6-11-18(2)17(20)16-7-4-3-5-8-16;1-10-4-7-11(8-5-10)6-3-9-12-2;1-9(2)5-7-10(3)6-4-8-11;3*1-2/h3-5,7-8,15H,6,9-14H2,1-2H3;10H,3-9H2,1-2H3;9,11H,4-8H2,1-3H3;3*1-2H3. The summed E-state index contributed by atoms with van der Waals surface area (Å²) < 4.78 is 0. The number of carbonyl (C=O) groups excluding carboxylic acids is 1. The van der Waals surface area contributed by atoms with Crippen molar-refractivity contribution in [3.05, 3.63) is 35.9 Å². The Morgan fingerprint density at radius 3 is 1.67 bits per heavy atom. The molecule has 1 aromatic rings. The van der Waals surface area contributed by atoms with Gasteiger partial charge in [0, 0.05) is 32.3 Å². The minimum atomic E-state index is 0.123. The largest absolute Gasteiger partial charge is 0.396 e. The van der Waals surface area contributed by atoms with Gasteiger partial charge in [-0.1, -0.05) is 87.4 Å². The van der Waals surface area contributed by atoms with Crippen molar-refractivity contribution in [3.63, 3.8) is 0 Å². The maximum absolute atomic E-state index is 12.2. The van der Waals surface area contributed by atoms with Crippen molar-refractivity contribution in [1.29, 1.82) is 0 Å². The zero-order valence-corrected chi connectivity index (χ0v) is 35.9. The van der Waals surface area contributed by atoms with Crippen molar-refractivity contribution < 1.29 is 9.90 Å². The van der Waals surface area contributed by atoms with Crippen LogP contribution >= 0.6 is 11.8 Å². The Labute approximate surface area is 312 Å². The van der Waals surface area contributed by atoms with Crippen LogP contribution in [0.15, 0.2) is 30.3 Å². The second-order valence-corrected chi connectivity index (χ2v) is 14.4. The van der Waals surface area contributed by atoms with Crippen LogP contribution < -0.4 is 0 Å². The Morgan fingerprint density at radius 2 is 1.24 bits per heavy atom. The highest BCUT2D eigenvalue weighted by Gasteiger charge is 2.16. The minimum absolute atomic E-state index is 0.123. The summed E-state index contributed by atoms with van der Waals surface area (Å²) in [5.74, 6) is 4.09. The van der Waals surface area contributed by atoms with Gasteiger partial charge in [-0.05, 0) is 146 Å². The summed E-state index contributed by atoms with van der Waals surface area (Å²) in [6.07, 6.45) is 12.2. The number of piperidine rings is 2. The molecule has 1 amide bonds. The van der Waals surface area contributed by atoms with Gasteiger partial charge in [0.05, 0.1) is 0 Å². The first-order valence-electron chi connectivity index (χ1n) is 20.2. The van der Waals surface area contributed by atoms with E-state index >= 15 is 0 Å². The van der Waals surface area contributed by atoms with E-state index in [0.717, 1.165) is 62.3 Å². The Hall–Kier alpha value is -1.12. The first-order valence-corrected chi connectivity index (χ1v) is 21.6. The molecule has 0 bridgehead atoms. The molecule has 2 saturated heterocycles. The summed E-state index contributed by atoms with van der Waals surface area (Å²) in [4.78, 5) is 21.4. The highest BCUT2D eigenvalue weighted by molar-refractivity contribution is 7.98. The van der Waals surface area contributed by atoms with Crippen molar-refractivity contribution in [2.24, 2.45) is 17.8 Å². The van der Waals surface area contributed by atoms with E-state index in [1.54, 1.807) is 0 Å². The minimum Gasteiger partial charge on any atom is -0.396 e. The smallest absolute Gasteiger partial charge is 0.253 e. The van der Waals surface area contributed by atoms with Gasteiger partial charge in [-0.3, -0.25) is 4.79 Å². The zero-order chi connectivity index (χ0) is 37.9. The maximum atomic E-state index is 12.2. The number of benzene rings is 1. The third kappa shape index (κ3) is 31.4. The monoisotopic (exact) mass is 711 g/mol. The van der Waals surface area contributed by atoms with Crippen LogP contribution in [0.25, 0.3) is 0 Å². The average molecular weight is 711 g/mol. The number of carbonyl (C=O) groups is 1. The quantitative estimate of drug-likeness (QED) is 0.183. The summed E-state index contributed by atoms with van der Waals surface area (Å²) in [6.45, 7) is 32.1. The van der Waals surface area contributed by atoms with Gasteiger partial charge in [0.2, 0.25) is 0 Å². The first kappa shape index (κ1) is 52.2. The zero-order valence-electron chi connectivity index (χ0n) is 35.1. The average Bonchev–Trinajstić information content (AvgIpc) is 3.14. The summed E-state index contributed by atoms with van der Waals surface area (Å²) in [6, 6.07) is 9.52. The molecule has 292 valence electrons. The van der Waals surface area contributed by atoms with Crippen LogP contribution in [0.2, 0.25) is 0 Å². The Morgan fingerprint density at radius 1 is 0.776 bits per heavy atom. The summed E-state index contributed by atoms with van der Waals surface area (Å²) in [5, 5.41) is 8.57. The van der Waals surface area contributed by atoms with E-state index in [0.29, 0.717) is 6.61 Å². The van der Waals surface area contributed by atoms with Crippen molar-refractivity contribution in [2.75, 3.05) is 91.6 Å². The number of hydrogen-bond acceptors (Lipinski definition) is 6. The van der Waals surface area contributed by atoms with Gasteiger partial charge in [0.25, 0.3) is 5.91 Å². The molecule has 7 heteroatoms. The molecule has 0 aliphatic carbocycles. The van der Waals surface area contributed by atoms with Gasteiger partial charge in [-0.25, -0.2) is 0 Å². The molecule has 2 aliphatic heterocycles. The van der Waals surface area contributed by atoms with Gasteiger partial charge in [0.1, 0.15) is 0 Å². The molecule has 0 radical (unpaired) electrons. The van der Waals surface area contributed by atoms with Crippen molar-refractivity contribution in [2.45, 2.75) is 121 Å². The Kier molecular flexibility index (Phi) is 40.6. The van der Waals surface area contributed by atoms with Crippen LogP contribution in [0, 0.1) is 17.8 Å². The number of rotatable bonds is 15. The molecule has 1 N–H and O–H groups in total. The van der Waals surface area contributed by atoms with E-state index in [1.165, 1.54) is 77.0 Å². The predicted molar refractivity (Wildman–Crippen MR) is 223 cm³/mol. The normalized spacial score (nSPS) is 15.2. The van der Waals surface area contributed by atoms with Crippen molar-refractivity contribution in [1.82, 2.24) is 19.6 Å². The number of aliphatic hydroxyl groups excluding tert-OH is 1. The molecular formula is C42H86N4O2S. The highest BCUT2D eigenvalue weighted by Crippen LogP contribution is 2.17. The third-order valence-electron chi connectivity index (χ3n) is 8.70. The molecule has 2 heterocycles. The number of thioether (sulfide) groups is 1. The fraction of sp³-hybridized carbons (Fsp3) is 0.833. The van der Waals surface area contributed by atoms with Gasteiger partial charge in [0.15, 0.2) is 0 Å². The molecule has 0 spiro atoms. The van der Waals surface area contributed by atoms with Gasteiger partial charge >= 0.3 is 0 Å². The van der Waals surface area contributed by atoms with Crippen molar-refractivity contribution in [3.8, 4) is 0 Å². The molecule has 49 heavy (non-hydrogen) atoms. The lowest BCUT2D eigenvalue weighted by Gasteiger charge is -2.30. The van der Waals surface area contributed by atoms with E-state index in [4.69, 9.17) is 5.11 Å². The van der Waals surface area contributed by atoms with Crippen LogP contribution in [0.5, 0.6) is 0 Å². The second-order valence-electron chi connectivity index (χ2n) is 13.4. The van der Waals surface area contributed by atoms with E-state index in [2.05, 4.69) is 55.7 Å². The molecule has 1 aromatic carbocycles. The molecule has 2 aliphatic rings. The number of hydrogen-bond donors (Lipinski definition) is 1. The predicted octanol–water partition coefficient (Wildman–Crippen LogP) is 9.78. The summed E-state index contributed by atoms with van der Waals surface area (Å²) >= 11 is 1.96. The number of nitrogens with zero attached hydrogens (tertiary/aromatic N) is 4. The van der Waals surface area contributed by atoms with Crippen LogP contribution in [-0.4, -0.2) is 122 Å². The second kappa shape index (κ2) is 38.1. The van der Waals surface area contributed by atoms with Gasteiger partial charge in [-0.2, -0.15) is 11.8 Å². The van der Waals surface area contributed by atoms with E-state index in [9.17, 15) is 4.79 Å². The third-order valence-corrected chi connectivity index (χ3v) is 9.39. The molecule has 0 saturated carbocycles.